The Kier molecular flexibility index (Phi) is 13.8. The van der Waals surface area contributed by atoms with Crippen LogP contribution in [0, 0.1) is 32.0 Å². The van der Waals surface area contributed by atoms with E-state index in [-0.39, 0.29) is 31.5 Å². The molecule has 0 spiro atoms. The largest absolute Gasteiger partial charge is 3.00 e. The zero-order valence-electron chi connectivity index (χ0n) is 43.0. The van der Waals surface area contributed by atoms with E-state index in [2.05, 4.69) is 149 Å². The molecule has 0 N–H and O–H groups in total. The van der Waals surface area contributed by atoms with E-state index < -0.39 is 11.3 Å². The third-order valence-electron chi connectivity index (χ3n) is 14.4. The maximum absolute atomic E-state index is 13.3. The number of pyridine rings is 5. The predicted octanol–water partition coefficient (Wildman–Crippen LogP) is 14.8. The molecule has 0 amide bonds. The molecule has 0 aliphatic heterocycles. The molecule has 79 heavy (non-hydrogen) atoms. The number of benzene rings is 6. The quantitative estimate of drug-likeness (QED) is 0.0868. The van der Waals surface area contributed by atoms with Crippen molar-refractivity contribution in [1.29, 1.82) is 0 Å². The van der Waals surface area contributed by atoms with Gasteiger partial charge in [-0.15, -0.1) is 59.2 Å². The summed E-state index contributed by atoms with van der Waals surface area (Å²) >= 11 is 0. The smallest absolute Gasteiger partial charge is 0.453 e. The fourth-order valence-electron chi connectivity index (χ4n) is 10.5. The van der Waals surface area contributed by atoms with Crippen LogP contribution in [0.4, 0.5) is 0 Å². The summed E-state index contributed by atoms with van der Waals surface area (Å²) in [5, 5.41) is 1.97. The van der Waals surface area contributed by atoms with Crippen LogP contribution in [-0.4, -0.2) is 24.9 Å². The number of fused-ring (bicyclic) bond motifs is 6. The Morgan fingerprint density at radius 1 is 0.405 bits per heavy atom. The minimum absolute atomic E-state index is 0. The number of hydrogen-bond donors (Lipinski definition) is 0. The van der Waals surface area contributed by atoms with Crippen molar-refractivity contribution < 1.29 is 28.9 Å². The van der Waals surface area contributed by atoms with Gasteiger partial charge in [-0.3, -0.25) is 0 Å². The fourth-order valence-corrected chi connectivity index (χ4v) is 10.5. The Labute approximate surface area is 468 Å². The Morgan fingerprint density at radius 2 is 0.899 bits per heavy atom. The van der Waals surface area contributed by atoms with Crippen LogP contribution < -0.4 is 11.3 Å². The molecule has 7 heterocycles. The summed E-state index contributed by atoms with van der Waals surface area (Å²) in [6, 6.07) is 67.1. The zero-order chi connectivity index (χ0) is 52.7. The average molecular weight is 1200 g/mol. The molecule has 0 saturated carbocycles. The van der Waals surface area contributed by atoms with Gasteiger partial charge < -0.3 is 33.8 Å². The molecule has 10 heteroatoms. The molecule has 380 valence electrons. The number of aryl methyl sites for hydroxylation is 6. The van der Waals surface area contributed by atoms with E-state index in [1.54, 1.807) is 12.4 Å². The van der Waals surface area contributed by atoms with E-state index in [9.17, 15) is 9.59 Å². The van der Waals surface area contributed by atoms with E-state index >= 15 is 0 Å². The Hall–Kier alpha value is -9.34. The second kappa shape index (κ2) is 21.6. The van der Waals surface area contributed by atoms with Gasteiger partial charge >= 0.3 is 31.4 Å². The molecule has 7 aromatic heterocycles. The molecule has 6 aromatic carbocycles. The summed E-state index contributed by atoms with van der Waals surface area (Å²) in [4.78, 5) is 49.8. The normalized spacial score (nSPS) is 11.4. The summed E-state index contributed by atoms with van der Waals surface area (Å²) in [5.74, 6) is 0. The predicted molar refractivity (Wildman–Crippen MR) is 309 cm³/mol. The Bertz CT molecular complexity index is 4400. The summed E-state index contributed by atoms with van der Waals surface area (Å²) in [6.07, 6.45) is 11.5. The Morgan fingerprint density at radius 3 is 1.44 bits per heavy atom. The fraction of sp³-hybridized carbons (Fsp3) is 0.0870. The van der Waals surface area contributed by atoms with Crippen molar-refractivity contribution in [2.45, 2.75) is 39.5 Å². The first kappa shape index (κ1) is 50.5. The minimum Gasteiger partial charge on any atom is -0.453 e. The van der Waals surface area contributed by atoms with Gasteiger partial charge in [0.15, 0.2) is 0 Å². The topological polar surface area (TPSA) is 125 Å². The van der Waals surface area contributed by atoms with Crippen LogP contribution in [0.1, 0.15) is 33.4 Å². The van der Waals surface area contributed by atoms with Gasteiger partial charge in [0.25, 0.3) is 0 Å². The van der Waals surface area contributed by atoms with Crippen LogP contribution in [0.2, 0.25) is 0 Å². The van der Waals surface area contributed by atoms with Crippen LogP contribution in [0.25, 0.3) is 111 Å². The van der Waals surface area contributed by atoms with Gasteiger partial charge in [0, 0.05) is 46.0 Å². The molecule has 0 atom stereocenters. The molecule has 0 saturated heterocycles. The molecular weight excluding hydrogens is 1160 g/mol. The van der Waals surface area contributed by atoms with Crippen molar-refractivity contribution in [1.82, 2.24) is 24.9 Å². The Balaban J connectivity index is 0.00000623. The second-order valence-electron chi connectivity index (χ2n) is 19.7. The molecule has 0 radical (unpaired) electrons. The first-order valence-corrected chi connectivity index (χ1v) is 25.9. The molecule has 13 rings (SSSR count). The third-order valence-corrected chi connectivity index (χ3v) is 14.4. The van der Waals surface area contributed by atoms with Gasteiger partial charge in [-0.1, -0.05) is 177 Å². The summed E-state index contributed by atoms with van der Waals surface area (Å²) in [6.45, 7) is 3.80. The van der Waals surface area contributed by atoms with Crippen molar-refractivity contribution in [3.05, 3.63) is 267 Å². The van der Waals surface area contributed by atoms with E-state index in [4.69, 9.17) is 23.8 Å². The van der Waals surface area contributed by atoms with Crippen LogP contribution in [0.3, 0.4) is 0 Å². The summed E-state index contributed by atoms with van der Waals surface area (Å²) in [5.41, 5.74) is 18.8. The van der Waals surface area contributed by atoms with E-state index in [0.717, 1.165) is 89.1 Å². The average Bonchev–Trinajstić information content (AvgIpc) is 3.57. The zero-order valence-corrected chi connectivity index (χ0v) is 45.4. The monoisotopic (exact) mass is 1200 g/mol. The molecular formula is C69H46IrN5O4. The molecule has 0 unspecified atom stereocenters. The van der Waals surface area contributed by atoms with Crippen molar-refractivity contribution in [2.24, 2.45) is 0 Å². The number of aromatic nitrogens is 5. The molecule has 13 aromatic rings. The third kappa shape index (κ3) is 10.2. The van der Waals surface area contributed by atoms with Crippen molar-refractivity contribution in [3.8, 4) is 66.9 Å². The minimum atomic E-state index is -0.481. The maximum Gasteiger partial charge on any atom is 3.00 e. The summed E-state index contributed by atoms with van der Waals surface area (Å²) in [7, 11) is 0. The van der Waals surface area contributed by atoms with Gasteiger partial charge in [-0.25, -0.2) is 9.59 Å². The standard InChI is InChI=1S/C69H46N5O4.Ir/c1-42-29-58-64-60(68(75)77-66(58)73-37-42)34-46(39-71-64)19-17-44-31-45(18-20-47-35-61-65(72-40-47)59-30-43(2)38-74-67(59)78-69(61)76)33-54(32-44)55-15-9-10-16-56(55)62-41-70-63(53-13-7-4-8-14-53)36-57(62)52-27-25-51(26-28-52)50-23-21-49(22-24-50)48-11-5-3-6-12-48;/h3-13,15-16,21-28,31-41H,17-20H2,1-2H3;/q-3;+3. The first-order valence-electron chi connectivity index (χ1n) is 25.9. The van der Waals surface area contributed by atoms with Gasteiger partial charge in [-0.2, -0.15) is 0 Å². The van der Waals surface area contributed by atoms with Crippen molar-refractivity contribution >= 4 is 44.0 Å². The van der Waals surface area contributed by atoms with Crippen LogP contribution in [0.5, 0.6) is 0 Å². The van der Waals surface area contributed by atoms with Gasteiger partial charge in [-0.05, 0) is 104 Å². The van der Waals surface area contributed by atoms with Gasteiger partial charge in [0.1, 0.15) is 11.4 Å². The van der Waals surface area contributed by atoms with E-state index in [1.807, 2.05) is 74.9 Å². The van der Waals surface area contributed by atoms with Crippen LogP contribution in [0.15, 0.2) is 213 Å². The maximum atomic E-state index is 13.3. The van der Waals surface area contributed by atoms with Crippen molar-refractivity contribution in [2.75, 3.05) is 0 Å². The van der Waals surface area contributed by atoms with Crippen LogP contribution >= 0.6 is 0 Å². The number of nitrogens with zero attached hydrogens (tertiary/aromatic N) is 5. The van der Waals surface area contributed by atoms with Crippen molar-refractivity contribution in [3.63, 3.8) is 0 Å². The number of hydrogen-bond acceptors (Lipinski definition) is 9. The van der Waals surface area contributed by atoms with E-state index in [1.165, 1.54) is 11.1 Å². The molecule has 0 fully saturated rings. The second-order valence-corrected chi connectivity index (χ2v) is 19.7. The first-order chi connectivity index (χ1) is 38.2. The SMILES string of the molecule is Cc1[c-]c2c(nc1)oc(=O)c1cc(CCc3cc(CCc4cnc5c(c4)c(=O)oc4ncc(C)[c-]c45)cc(-c4ccccc4-c4cnc(-c5[c-]cccc5)cc4-c4ccc(-c5ccc(-c6ccccc6)cc5)cc4)c3)cnc12.[Ir+3]. The van der Waals surface area contributed by atoms with Gasteiger partial charge in [0.2, 0.25) is 0 Å². The number of rotatable bonds is 12. The van der Waals surface area contributed by atoms with E-state index in [0.29, 0.717) is 58.3 Å². The molecule has 0 bridgehead atoms. The molecule has 9 nitrogen and oxygen atoms in total. The summed E-state index contributed by atoms with van der Waals surface area (Å²) < 4.78 is 11.2. The van der Waals surface area contributed by atoms with Crippen LogP contribution in [-0.2, 0) is 45.8 Å². The molecule has 0 aliphatic carbocycles. The van der Waals surface area contributed by atoms with Gasteiger partial charge in [0.05, 0.1) is 0 Å². The molecule has 0 aliphatic rings.